The van der Waals surface area contributed by atoms with Crippen molar-refractivity contribution in [3.05, 3.63) is 64.8 Å². The standard InChI is InChI=1S/C33H38N8O3/c1-39-13-3-4-27(20-39)44-26-7-5-25(6-8-26)36-33-35-18-24-16-28(31-37-29(21-40(31)2)23-9-12-34-17-23)32(42)41(30(24)38-33)19-22-10-14-43-15-11-22/h5-9,16-18,21-22,27H,3-4,10-15,19-20H2,1-2H3,(H,35,36,38). The number of ether oxygens (including phenoxy) is 2. The summed E-state index contributed by atoms with van der Waals surface area (Å²) in [7, 11) is 4.05. The maximum absolute atomic E-state index is 14.2. The molecule has 0 radical (unpaired) electrons. The molecule has 3 aromatic heterocycles. The maximum Gasteiger partial charge on any atom is 0.263 e. The highest BCUT2D eigenvalue weighted by atomic mass is 16.5. The first-order valence-electron chi connectivity index (χ1n) is 15.4. The Morgan fingerprint density at radius 2 is 1.93 bits per heavy atom. The summed E-state index contributed by atoms with van der Waals surface area (Å²) in [6, 6.07) is 9.74. The molecule has 3 aliphatic heterocycles. The summed E-state index contributed by atoms with van der Waals surface area (Å²) in [6.45, 7) is 4.68. The number of hydrogen-bond acceptors (Lipinski definition) is 9. The van der Waals surface area contributed by atoms with E-state index in [9.17, 15) is 4.79 Å². The lowest BCUT2D eigenvalue weighted by Crippen LogP contribution is -2.38. The van der Waals surface area contributed by atoms with Crippen molar-refractivity contribution in [3.8, 4) is 17.1 Å². The van der Waals surface area contributed by atoms with Crippen molar-refractivity contribution in [3.63, 3.8) is 0 Å². The predicted molar refractivity (Wildman–Crippen MR) is 172 cm³/mol. The number of aryl methyl sites for hydroxylation is 1. The molecule has 6 heterocycles. The van der Waals surface area contributed by atoms with Crippen LogP contribution in [0.3, 0.4) is 0 Å². The molecule has 0 bridgehead atoms. The van der Waals surface area contributed by atoms with E-state index in [2.05, 4.69) is 27.2 Å². The minimum Gasteiger partial charge on any atom is -0.489 e. The number of fused-ring (bicyclic) bond motifs is 1. The van der Waals surface area contributed by atoms with E-state index in [-0.39, 0.29) is 11.7 Å². The van der Waals surface area contributed by atoms with Gasteiger partial charge in [-0.05, 0) is 75.5 Å². The minimum absolute atomic E-state index is 0.113. The summed E-state index contributed by atoms with van der Waals surface area (Å²) in [5.74, 6) is 2.21. The number of nitrogens with zero attached hydrogens (tertiary/aromatic N) is 7. The van der Waals surface area contributed by atoms with Crippen molar-refractivity contribution in [2.75, 3.05) is 45.2 Å². The Labute approximate surface area is 256 Å². The molecule has 1 unspecified atom stereocenters. The summed E-state index contributed by atoms with van der Waals surface area (Å²) in [4.78, 5) is 35.1. The number of aromatic nitrogens is 5. The molecular formula is C33H38N8O3. The van der Waals surface area contributed by atoms with Gasteiger partial charge in [-0.2, -0.15) is 4.98 Å². The van der Waals surface area contributed by atoms with E-state index in [4.69, 9.17) is 19.4 Å². The molecule has 1 atom stereocenters. The van der Waals surface area contributed by atoms with Crippen LogP contribution >= 0.6 is 0 Å². The molecule has 1 aromatic carbocycles. The molecule has 2 fully saturated rings. The van der Waals surface area contributed by atoms with Crippen LogP contribution in [0.5, 0.6) is 5.75 Å². The molecule has 228 valence electrons. The third kappa shape index (κ3) is 6.02. The van der Waals surface area contributed by atoms with Crippen molar-refractivity contribution in [2.45, 2.75) is 38.3 Å². The summed E-state index contributed by atoms with van der Waals surface area (Å²) in [5, 5.41) is 4.10. The van der Waals surface area contributed by atoms with Gasteiger partial charge in [0.25, 0.3) is 5.56 Å². The van der Waals surface area contributed by atoms with Crippen molar-refractivity contribution < 1.29 is 9.47 Å². The second-order valence-electron chi connectivity index (χ2n) is 12.0. The Morgan fingerprint density at radius 1 is 1.09 bits per heavy atom. The van der Waals surface area contributed by atoms with Gasteiger partial charge < -0.3 is 24.3 Å². The van der Waals surface area contributed by atoms with Crippen LogP contribution in [0, 0.1) is 5.92 Å². The summed E-state index contributed by atoms with van der Waals surface area (Å²) < 4.78 is 15.5. The number of likely N-dealkylation sites (N-methyl/N-ethyl adjacent to an activating group) is 1. The van der Waals surface area contributed by atoms with Crippen molar-refractivity contribution in [1.82, 2.24) is 29.0 Å². The van der Waals surface area contributed by atoms with Gasteiger partial charge >= 0.3 is 0 Å². The molecule has 3 aliphatic rings. The number of piperidine rings is 1. The lowest BCUT2D eigenvalue weighted by molar-refractivity contribution is 0.0613. The normalized spacial score (nSPS) is 19.4. The quantitative estimate of drug-likeness (QED) is 0.322. The molecule has 0 saturated carbocycles. The van der Waals surface area contributed by atoms with Crippen molar-refractivity contribution in [2.24, 2.45) is 18.0 Å². The number of pyridine rings is 1. The van der Waals surface area contributed by atoms with Crippen molar-refractivity contribution >= 4 is 34.5 Å². The average molecular weight is 595 g/mol. The van der Waals surface area contributed by atoms with Crippen LogP contribution in [0.4, 0.5) is 11.6 Å². The topological polar surface area (TPSA) is 112 Å². The fraction of sp³-hybridized carbons (Fsp3) is 0.424. The SMILES string of the molecule is CN1CCCC(Oc2ccc(Nc3ncc4cc(-c5nc(C6=CCN=C6)cn5C)c(=O)n(CC5CCOCC5)c4n3)cc2)C1. The van der Waals surface area contributed by atoms with E-state index < -0.39 is 0 Å². The number of nitrogens with one attached hydrogen (secondary N) is 1. The molecule has 0 amide bonds. The highest BCUT2D eigenvalue weighted by Crippen LogP contribution is 2.26. The molecule has 0 spiro atoms. The molecule has 11 nitrogen and oxygen atoms in total. The van der Waals surface area contributed by atoms with Crippen LogP contribution < -0.4 is 15.6 Å². The maximum atomic E-state index is 14.2. The first kappa shape index (κ1) is 28.4. The third-order valence-corrected chi connectivity index (χ3v) is 8.66. The van der Waals surface area contributed by atoms with Gasteiger partial charge in [-0.3, -0.25) is 14.4 Å². The Bertz CT molecular complexity index is 1770. The molecule has 11 heteroatoms. The van der Waals surface area contributed by atoms with Crippen LogP contribution in [-0.2, 0) is 18.3 Å². The largest absolute Gasteiger partial charge is 0.489 e. The fourth-order valence-corrected chi connectivity index (χ4v) is 6.27. The predicted octanol–water partition coefficient (Wildman–Crippen LogP) is 4.30. The van der Waals surface area contributed by atoms with Crippen LogP contribution in [-0.4, -0.2) is 81.2 Å². The van der Waals surface area contributed by atoms with Crippen LogP contribution in [0.2, 0.25) is 0 Å². The van der Waals surface area contributed by atoms with Gasteiger partial charge in [0.15, 0.2) is 0 Å². The van der Waals surface area contributed by atoms with Gasteiger partial charge in [0.1, 0.15) is 23.3 Å². The fourth-order valence-electron chi connectivity index (χ4n) is 6.27. The zero-order valence-corrected chi connectivity index (χ0v) is 25.3. The second kappa shape index (κ2) is 12.3. The van der Waals surface area contributed by atoms with Gasteiger partial charge in [0.2, 0.25) is 5.95 Å². The highest BCUT2D eigenvalue weighted by molar-refractivity contribution is 6.10. The smallest absolute Gasteiger partial charge is 0.263 e. The highest BCUT2D eigenvalue weighted by Gasteiger charge is 2.22. The Balaban J connectivity index is 1.19. The number of imidazole rings is 1. The van der Waals surface area contributed by atoms with Crippen LogP contribution in [0.25, 0.3) is 28.0 Å². The monoisotopic (exact) mass is 594 g/mol. The molecule has 0 aliphatic carbocycles. The van der Waals surface area contributed by atoms with E-state index in [1.54, 1.807) is 10.8 Å². The molecule has 7 rings (SSSR count). The van der Waals surface area contributed by atoms with E-state index in [1.165, 1.54) is 0 Å². The van der Waals surface area contributed by atoms with Gasteiger partial charge in [-0.25, -0.2) is 9.97 Å². The number of allylic oxidation sites excluding steroid dienone is 1. The second-order valence-corrected chi connectivity index (χ2v) is 12.0. The molecule has 1 N–H and O–H groups in total. The van der Waals surface area contributed by atoms with Gasteiger partial charge in [0, 0.05) is 68.6 Å². The van der Waals surface area contributed by atoms with E-state index >= 15 is 0 Å². The number of hydrogen-bond donors (Lipinski definition) is 1. The number of aliphatic imine (C=N–C) groups is 1. The van der Waals surface area contributed by atoms with E-state index in [0.717, 1.165) is 66.9 Å². The van der Waals surface area contributed by atoms with E-state index in [0.29, 0.717) is 55.2 Å². The van der Waals surface area contributed by atoms with Gasteiger partial charge in [-0.15, -0.1) is 0 Å². The third-order valence-electron chi connectivity index (χ3n) is 8.66. The van der Waals surface area contributed by atoms with E-state index in [1.807, 2.05) is 60.4 Å². The molecule has 44 heavy (non-hydrogen) atoms. The first-order valence-corrected chi connectivity index (χ1v) is 15.4. The van der Waals surface area contributed by atoms with Crippen molar-refractivity contribution in [1.29, 1.82) is 0 Å². The Morgan fingerprint density at radius 3 is 2.70 bits per heavy atom. The Kier molecular flexibility index (Phi) is 7.97. The number of rotatable bonds is 8. The summed E-state index contributed by atoms with van der Waals surface area (Å²) in [5.41, 5.74) is 3.63. The minimum atomic E-state index is -0.113. The molecule has 2 saturated heterocycles. The zero-order valence-electron chi connectivity index (χ0n) is 25.3. The molecule has 4 aromatic rings. The number of likely N-dealkylation sites (tertiary alicyclic amines) is 1. The average Bonchev–Trinajstić information content (AvgIpc) is 3.70. The first-order chi connectivity index (χ1) is 21.5. The molecular weight excluding hydrogens is 556 g/mol. The van der Waals surface area contributed by atoms with Crippen LogP contribution in [0.15, 0.2) is 58.6 Å². The summed E-state index contributed by atoms with van der Waals surface area (Å²) in [6.07, 6.45) is 11.8. The summed E-state index contributed by atoms with van der Waals surface area (Å²) >= 11 is 0. The Hall–Kier alpha value is -4.35. The lowest BCUT2D eigenvalue weighted by Gasteiger charge is -2.30. The zero-order chi connectivity index (χ0) is 30.0. The lowest BCUT2D eigenvalue weighted by atomic mass is 10.00. The number of anilines is 2. The van der Waals surface area contributed by atoms with Gasteiger partial charge in [-0.1, -0.05) is 6.08 Å². The number of benzene rings is 1. The van der Waals surface area contributed by atoms with Crippen LogP contribution in [0.1, 0.15) is 31.4 Å². The van der Waals surface area contributed by atoms with Gasteiger partial charge in [0.05, 0.1) is 17.8 Å².